The molecule has 0 fully saturated rings. The summed E-state index contributed by atoms with van der Waals surface area (Å²) in [7, 11) is 0. The molecule has 0 bridgehead atoms. The Morgan fingerprint density at radius 2 is 2.06 bits per heavy atom. The summed E-state index contributed by atoms with van der Waals surface area (Å²) in [5.41, 5.74) is 5.92. The highest BCUT2D eigenvalue weighted by Gasteiger charge is 2.08. The van der Waals surface area contributed by atoms with E-state index < -0.39 is 4.92 Å². The predicted molar refractivity (Wildman–Crippen MR) is 63.7 cm³/mol. The van der Waals surface area contributed by atoms with Crippen LogP contribution in [0.1, 0.15) is 23.7 Å². The van der Waals surface area contributed by atoms with Crippen LogP contribution >= 0.6 is 0 Å². The number of hydrogen-bond donors (Lipinski definition) is 2. The third-order valence-corrected chi connectivity index (χ3v) is 2.23. The number of rotatable bonds is 5. The molecule has 0 aliphatic heterocycles. The van der Waals surface area contributed by atoms with Crippen molar-refractivity contribution in [3.05, 3.63) is 39.9 Å². The lowest BCUT2D eigenvalue weighted by molar-refractivity contribution is -0.384. The fourth-order valence-electron chi connectivity index (χ4n) is 1.25. The summed E-state index contributed by atoms with van der Waals surface area (Å²) in [5, 5.41) is 13.1. The zero-order valence-corrected chi connectivity index (χ0v) is 9.55. The van der Waals surface area contributed by atoms with Crippen molar-refractivity contribution in [1.82, 2.24) is 5.32 Å². The topological polar surface area (TPSA) is 98.3 Å². The van der Waals surface area contributed by atoms with Crippen molar-refractivity contribution >= 4 is 11.6 Å². The van der Waals surface area contributed by atoms with Gasteiger partial charge in [-0.15, -0.1) is 0 Å². The normalized spacial score (nSPS) is 11.9. The smallest absolute Gasteiger partial charge is 0.269 e. The van der Waals surface area contributed by atoms with Crippen molar-refractivity contribution in [1.29, 1.82) is 0 Å². The summed E-state index contributed by atoms with van der Waals surface area (Å²) in [5.74, 6) is -0.249. The standard InChI is InChI=1S/C11H15N3O3/c1-8(12)6-7-13-11(15)9-2-4-10(5-3-9)14(16)17/h2-5,8H,6-7,12H2,1H3,(H,13,15). The van der Waals surface area contributed by atoms with Gasteiger partial charge in [-0.1, -0.05) is 0 Å². The van der Waals surface area contributed by atoms with Gasteiger partial charge in [-0.2, -0.15) is 0 Å². The summed E-state index contributed by atoms with van der Waals surface area (Å²) in [4.78, 5) is 21.5. The third-order valence-electron chi connectivity index (χ3n) is 2.23. The van der Waals surface area contributed by atoms with Crippen LogP contribution in [0.25, 0.3) is 0 Å². The number of non-ortho nitro benzene ring substituents is 1. The molecule has 0 aromatic heterocycles. The van der Waals surface area contributed by atoms with Crippen molar-refractivity contribution in [2.75, 3.05) is 6.54 Å². The molecule has 0 saturated carbocycles. The van der Waals surface area contributed by atoms with Crippen LogP contribution in [0.5, 0.6) is 0 Å². The molecular formula is C11H15N3O3. The van der Waals surface area contributed by atoms with Crippen LogP contribution in [-0.4, -0.2) is 23.4 Å². The lowest BCUT2D eigenvalue weighted by atomic mass is 10.2. The van der Waals surface area contributed by atoms with Crippen LogP contribution < -0.4 is 11.1 Å². The van der Waals surface area contributed by atoms with Crippen molar-refractivity contribution in [3.8, 4) is 0 Å². The molecule has 0 aliphatic rings. The van der Waals surface area contributed by atoms with Crippen molar-refractivity contribution in [2.45, 2.75) is 19.4 Å². The van der Waals surface area contributed by atoms with E-state index in [1.165, 1.54) is 24.3 Å². The van der Waals surface area contributed by atoms with E-state index in [2.05, 4.69) is 5.32 Å². The Labute approximate surface area is 99.0 Å². The lowest BCUT2D eigenvalue weighted by Gasteiger charge is -2.06. The summed E-state index contributed by atoms with van der Waals surface area (Å²) in [6.45, 7) is 2.35. The molecule has 1 amide bonds. The van der Waals surface area contributed by atoms with E-state index in [0.717, 1.165) is 0 Å². The molecule has 1 atom stereocenters. The van der Waals surface area contributed by atoms with Crippen LogP contribution in [-0.2, 0) is 0 Å². The van der Waals surface area contributed by atoms with E-state index in [0.29, 0.717) is 18.5 Å². The van der Waals surface area contributed by atoms with Crippen molar-refractivity contribution in [2.24, 2.45) is 5.73 Å². The molecule has 1 unspecified atom stereocenters. The number of carbonyl (C=O) groups excluding carboxylic acids is 1. The van der Waals surface area contributed by atoms with Crippen molar-refractivity contribution < 1.29 is 9.72 Å². The molecule has 1 aromatic carbocycles. The Bertz CT molecular complexity index is 401. The second-order valence-corrected chi connectivity index (χ2v) is 3.83. The maximum atomic E-state index is 11.6. The molecule has 17 heavy (non-hydrogen) atoms. The van der Waals surface area contributed by atoms with E-state index in [-0.39, 0.29) is 17.6 Å². The highest BCUT2D eigenvalue weighted by atomic mass is 16.6. The molecule has 6 heteroatoms. The Hall–Kier alpha value is -1.95. The molecule has 92 valence electrons. The minimum atomic E-state index is -0.502. The molecule has 1 aromatic rings. The van der Waals surface area contributed by atoms with Gasteiger partial charge in [0.2, 0.25) is 0 Å². The number of hydrogen-bond acceptors (Lipinski definition) is 4. The SMILES string of the molecule is CC(N)CCNC(=O)c1ccc([N+](=O)[O-])cc1. The zero-order chi connectivity index (χ0) is 12.8. The molecule has 0 saturated heterocycles. The Morgan fingerprint density at radius 3 is 2.53 bits per heavy atom. The Balaban J connectivity index is 2.55. The third kappa shape index (κ3) is 4.20. The lowest BCUT2D eigenvalue weighted by Crippen LogP contribution is -2.28. The fraction of sp³-hybridized carbons (Fsp3) is 0.364. The first-order valence-corrected chi connectivity index (χ1v) is 5.29. The van der Waals surface area contributed by atoms with E-state index in [1.54, 1.807) is 0 Å². The number of nitrogens with two attached hydrogens (primary N) is 1. The van der Waals surface area contributed by atoms with Gasteiger partial charge in [0, 0.05) is 30.3 Å². The molecule has 0 spiro atoms. The average Bonchev–Trinajstić information content (AvgIpc) is 2.28. The van der Waals surface area contributed by atoms with Crippen LogP contribution in [0, 0.1) is 10.1 Å². The van der Waals surface area contributed by atoms with Gasteiger partial charge < -0.3 is 11.1 Å². The first-order valence-electron chi connectivity index (χ1n) is 5.29. The Morgan fingerprint density at radius 1 is 1.47 bits per heavy atom. The molecule has 1 rings (SSSR count). The minimum absolute atomic E-state index is 0.0304. The van der Waals surface area contributed by atoms with Gasteiger partial charge in [0.1, 0.15) is 0 Å². The first-order chi connectivity index (χ1) is 8.00. The largest absolute Gasteiger partial charge is 0.352 e. The van der Waals surface area contributed by atoms with Crippen LogP contribution in [0.15, 0.2) is 24.3 Å². The van der Waals surface area contributed by atoms with Gasteiger partial charge in [-0.25, -0.2) is 0 Å². The maximum absolute atomic E-state index is 11.6. The number of carbonyl (C=O) groups is 1. The zero-order valence-electron chi connectivity index (χ0n) is 9.55. The maximum Gasteiger partial charge on any atom is 0.269 e. The quantitative estimate of drug-likeness (QED) is 0.591. The average molecular weight is 237 g/mol. The first kappa shape index (κ1) is 13.1. The van der Waals surface area contributed by atoms with E-state index in [4.69, 9.17) is 5.73 Å². The minimum Gasteiger partial charge on any atom is -0.352 e. The highest BCUT2D eigenvalue weighted by Crippen LogP contribution is 2.11. The molecule has 0 aliphatic carbocycles. The second kappa shape index (κ2) is 5.95. The van der Waals surface area contributed by atoms with Crippen LogP contribution in [0.3, 0.4) is 0 Å². The molecular weight excluding hydrogens is 222 g/mol. The molecule has 3 N–H and O–H groups in total. The van der Waals surface area contributed by atoms with Gasteiger partial charge >= 0.3 is 0 Å². The van der Waals surface area contributed by atoms with Crippen molar-refractivity contribution in [3.63, 3.8) is 0 Å². The van der Waals surface area contributed by atoms with Gasteiger partial charge in [-0.05, 0) is 25.5 Å². The molecule has 6 nitrogen and oxygen atoms in total. The monoisotopic (exact) mass is 237 g/mol. The number of nitrogens with zero attached hydrogens (tertiary/aromatic N) is 1. The predicted octanol–water partition coefficient (Wildman–Crippen LogP) is 1.06. The molecule has 0 heterocycles. The van der Waals surface area contributed by atoms with E-state index >= 15 is 0 Å². The van der Waals surface area contributed by atoms with Crippen LogP contribution in [0.4, 0.5) is 5.69 Å². The summed E-state index contributed by atoms with van der Waals surface area (Å²) in [6.07, 6.45) is 0.693. The number of amides is 1. The van der Waals surface area contributed by atoms with Gasteiger partial charge in [0.25, 0.3) is 11.6 Å². The molecule has 0 radical (unpaired) electrons. The van der Waals surface area contributed by atoms with E-state index in [1.807, 2.05) is 6.92 Å². The van der Waals surface area contributed by atoms with Gasteiger partial charge in [0.15, 0.2) is 0 Å². The van der Waals surface area contributed by atoms with Gasteiger partial charge in [0.05, 0.1) is 4.92 Å². The number of nitrogens with one attached hydrogen (secondary N) is 1. The summed E-state index contributed by atoms with van der Waals surface area (Å²) >= 11 is 0. The Kier molecular flexibility index (Phi) is 4.59. The summed E-state index contributed by atoms with van der Waals surface area (Å²) in [6, 6.07) is 5.51. The van der Waals surface area contributed by atoms with Gasteiger partial charge in [-0.3, -0.25) is 14.9 Å². The number of benzene rings is 1. The highest BCUT2D eigenvalue weighted by molar-refractivity contribution is 5.94. The second-order valence-electron chi connectivity index (χ2n) is 3.83. The number of nitro benzene ring substituents is 1. The fourth-order valence-corrected chi connectivity index (χ4v) is 1.25. The summed E-state index contributed by atoms with van der Waals surface area (Å²) < 4.78 is 0. The number of nitro groups is 1. The van der Waals surface area contributed by atoms with E-state index in [9.17, 15) is 14.9 Å². The van der Waals surface area contributed by atoms with Crippen LogP contribution in [0.2, 0.25) is 0 Å².